The zero-order valence-electron chi connectivity index (χ0n) is 10.9. The van der Waals surface area contributed by atoms with Crippen molar-refractivity contribution in [3.63, 3.8) is 0 Å². The van der Waals surface area contributed by atoms with Gasteiger partial charge in [-0.05, 0) is 0 Å². The number of carboxylic acids is 1. The first kappa shape index (κ1) is 13.8. The van der Waals surface area contributed by atoms with E-state index >= 15 is 0 Å². The normalized spacial score (nSPS) is 33.3. The molecule has 2 saturated heterocycles. The van der Waals surface area contributed by atoms with Gasteiger partial charge in [0.1, 0.15) is 10.1 Å². The van der Waals surface area contributed by atoms with Crippen LogP contribution in [0.25, 0.3) is 0 Å². The third-order valence-electron chi connectivity index (χ3n) is 4.14. The van der Waals surface area contributed by atoms with Crippen molar-refractivity contribution in [2.24, 2.45) is 0 Å². The molecule has 1 aromatic rings. The highest BCUT2D eigenvalue weighted by Crippen LogP contribution is 2.47. The van der Waals surface area contributed by atoms with E-state index in [9.17, 15) is 23.1 Å². The molecule has 3 heterocycles. The number of hydrogen-bond donors (Lipinski definition) is 1. The Labute approximate surface area is 120 Å². The number of hydrogen-bond acceptors (Lipinski definition) is 5. The lowest BCUT2D eigenvalue weighted by molar-refractivity contribution is -0.157. The Morgan fingerprint density at radius 3 is 2.81 bits per heavy atom. The zero-order valence-corrected chi connectivity index (χ0v) is 11.7. The quantitative estimate of drug-likeness (QED) is 0.578. The van der Waals surface area contributed by atoms with E-state index < -0.39 is 37.9 Å². The lowest BCUT2D eigenvalue weighted by Gasteiger charge is -2.35. The van der Waals surface area contributed by atoms with Gasteiger partial charge in [0.15, 0.2) is 15.9 Å². The third kappa shape index (κ3) is 1.54. The minimum Gasteiger partial charge on any atom is -0.480 e. The second-order valence-electron chi connectivity index (χ2n) is 5.14. The molecule has 112 valence electrons. The van der Waals surface area contributed by atoms with Crippen LogP contribution in [0, 0.1) is 0 Å². The van der Waals surface area contributed by atoms with Gasteiger partial charge in [0.2, 0.25) is 5.91 Å². The molecule has 1 N–H and O–H groups in total. The number of sulfone groups is 1. The Balaban J connectivity index is 2.17. The smallest absolute Gasteiger partial charge is 0.328 e. The largest absolute Gasteiger partial charge is 0.480 e. The van der Waals surface area contributed by atoms with Gasteiger partial charge >= 0.3 is 5.97 Å². The zero-order chi connectivity index (χ0) is 15.4. The van der Waals surface area contributed by atoms with Gasteiger partial charge in [-0.25, -0.2) is 18.2 Å². The average Bonchev–Trinajstić information content (AvgIpc) is 2.95. The van der Waals surface area contributed by atoms with E-state index in [1.807, 2.05) is 0 Å². The van der Waals surface area contributed by atoms with Crippen molar-refractivity contribution in [3.8, 4) is 0 Å². The van der Waals surface area contributed by atoms with Crippen LogP contribution in [0.4, 0.5) is 0 Å². The Bertz CT molecular complexity index is 726. The summed E-state index contributed by atoms with van der Waals surface area (Å²) in [5.41, 5.74) is 0. The molecule has 1 aromatic heterocycles. The number of amides is 1. The molecule has 9 heteroatoms. The Morgan fingerprint density at radius 2 is 2.33 bits per heavy atom. The Hall–Kier alpha value is -2.16. The fourth-order valence-electron chi connectivity index (χ4n) is 3.08. The summed E-state index contributed by atoms with van der Waals surface area (Å²) in [5, 5.41) is 8.37. The van der Waals surface area contributed by atoms with Gasteiger partial charge in [-0.2, -0.15) is 0 Å². The van der Waals surface area contributed by atoms with Crippen molar-refractivity contribution in [2.75, 3.05) is 0 Å². The molecule has 21 heavy (non-hydrogen) atoms. The number of β-lactam (4-membered cyclic amide) rings is 1. The van der Waals surface area contributed by atoms with Crippen LogP contribution >= 0.6 is 0 Å². The Kier molecular flexibility index (Phi) is 2.74. The number of carbonyl (C=O) groups is 2. The first-order valence-corrected chi connectivity index (χ1v) is 7.76. The van der Waals surface area contributed by atoms with E-state index in [4.69, 9.17) is 0 Å². The summed E-state index contributed by atoms with van der Waals surface area (Å²) in [5.74, 6) is -1.82. The minimum atomic E-state index is -3.89. The Morgan fingerprint density at radius 1 is 1.62 bits per heavy atom. The van der Waals surface area contributed by atoms with Crippen molar-refractivity contribution in [2.45, 2.75) is 29.1 Å². The molecule has 0 aromatic carbocycles. The van der Waals surface area contributed by atoms with Gasteiger partial charge in [0, 0.05) is 18.9 Å². The van der Waals surface area contributed by atoms with Crippen LogP contribution in [-0.4, -0.2) is 56.0 Å². The highest BCUT2D eigenvalue weighted by atomic mass is 32.2. The van der Waals surface area contributed by atoms with Gasteiger partial charge in [0.25, 0.3) is 0 Å². The van der Waals surface area contributed by atoms with Crippen LogP contribution in [-0.2, 0) is 26.0 Å². The molecule has 1 unspecified atom stereocenters. The lowest BCUT2D eigenvalue weighted by Crippen LogP contribution is -2.58. The van der Waals surface area contributed by atoms with Gasteiger partial charge in [0.05, 0.1) is 12.7 Å². The number of carboxylic acid groups (broad SMARTS) is 1. The summed E-state index contributed by atoms with van der Waals surface area (Å²) in [6.45, 7) is 3.39. The molecular weight excluding hydrogens is 298 g/mol. The molecule has 0 spiro atoms. The number of aliphatic carboxylic acids is 1. The van der Waals surface area contributed by atoms with E-state index in [1.165, 1.54) is 23.3 Å². The molecule has 0 aliphatic carbocycles. The second kappa shape index (κ2) is 4.17. The number of rotatable bonds is 4. The fraction of sp³-hybridized carbons (Fsp3) is 0.417. The van der Waals surface area contributed by atoms with Crippen LogP contribution < -0.4 is 0 Å². The summed E-state index contributed by atoms with van der Waals surface area (Å²) >= 11 is 0. The summed E-state index contributed by atoms with van der Waals surface area (Å²) in [4.78, 5) is 28.0. The van der Waals surface area contributed by atoms with Crippen LogP contribution in [0.2, 0.25) is 0 Å². The van der Waals surface area contributed by atoms with E-state index in [2.05, 4.69) is 11.6 Å². The highest BCUT2D eigenvalue weighted by Gasteiger charge is 2.70. The summed E-state index contributed by atoms with van der Waals surface area (Å²) in [6.07, 6.45) is 5.36. The maximum absolute atomic E-state index is 12.7. The monoisotopic (exact) mass is 311 g/mol. The SMILES string of the molecule is C=C[C@]1(Cn2ccnc2)[C@H](C(=O)O)N2C(=O)CC2S1(=O)=O. The van der Waals surface area contributed by atoms with Gasteiger partial charge in [-0.3, -0.25) is 4.79 Å². The maximum Gasteiger partial charge on any atom is 0.328 e. The van der Waals surface area contributed by atoms with E-state index in [-0.39, 0.29) is 13.0 Å². The van der Waals surface area contributed by atoms with Gasteiger partial charge in [-0.15, -0.1) is 6.58 Å². The van der Waals surface area contributed by atoms with Crippen molar-refractivity contribution < 1.29 is 23.1 Å². The second-order valence-corrected chi connectivity index (χ2v) is 7.53. The van der Waals surface area contributed by atoms with E-state index in [0.717, 1.165) is 11.0 Å². The van der Waals surface area contributed by atoms with Crippen LogP contribution in [0.1, 0.15) is 6.42 Å². The molecule has 2 aliphatic rings. The van der Waals surface area contributed by atoms with Crippen LogP contribution in [0.15, 0.2) is 31.4 Å². The van der Waals surface area contributed by atoms with Crippen molar-refractivity contribution in [1.29, 1.82) is 0 Å². The maximum atomic E-state index is 12.7. The molecule has 8 nitrogen and oxygen atoms in total. The highest BCUT2D eigenvalue weighted by molar-refractivity contribution is 7.94. The lowest BCUT2D eigenvalue weighted by atomic mass is 9.94. The molecule has 2 fully saturated rings. The van der Waals surface area contributed by atoms with Gasteiger partial charge in [-0.1, -0.05) is 6.08 Å². The molecule has 0 radical (unpaired) electrons. The topological polar surface area (TPSA) is 110 Å². The van der Waals surface area contributed by atoms with Crippen molar-refractivity contribution in [1.82, 2.24) is 14.5 Å². The molecule has 1 amide bonds. The molecule has 0 bridgehead atoms. The van der Waals surface area contributed by atoms with Crippen molar-refractivity contribution in [3.05, 3.63) is 31.4 Å². The van der Waals surface area contributed by atoms with E-state index in [0.29, 0.717) is 0 Å². The number of imidazole rings is 1. The number of nitrogens with zero attached hydrogens (tertiary/aromatic N) is 3. The number of aromatic nitrogens is 2. The molecule has 2 aliphatic heterocycles. The summed E-state index contributed by atoms with van der Waals surface area (Å²) < 4.78 is 25.2. The standard InChI is InChI=1S/C12H13N3O5S/c1-2-12(6-14-4-3-13-7-14)10(11(17)18)15-8(16)5-9(15)21(12,19)20/h2-4,7,9-10H,1,5-6H2,(H,17,18)/t9?,10-,12-/m0/s1. The molecular formula is C12H13N3O5S. The third-order valence-corrected chi connectivity index (χ3v) is 6.83. The summed E-state index contributed by atoms with van der Waals surface area (Å²) in [7, 11) is -3.89. The van der Waals surface area contributed by atoms with Crippen LogP contribution in [0.3, 0.4) is 0 Å². The first-order chi connectivity index (χ1) is 9.85. The predicted molar refractivity (Wildman–Crippen MR) is 70.7 cm³/mol. The predicted octanol–water partition coefficient (Wildman–Crippen LogP) is -0.752. The minimum absolute atomic E-state index is 0.143. The molecule has 3 rings (SSSR count). The fourth-order valence-corrected chi connectivity index (χ4v) is 5.57. The summed E-state index contributed by atoms with van der Waals surface area (Å²) in [6, 6.07) is -1.46. The molecule has 0 saturated carbocycles. The number of carbonyl (C=O) groups excluding carboxylic acids is 1. The van der Waals surface area contributed by atoms with Gasteiger partial charge < -0.3 is 14.6 Å². The first-order valence-electron chi connectivity index (χ1n) is 6.22. The van der Waals surface area contributed by atoms with Crippen LogP contribution in [0.5, 0.6) is 0 Å². The van der Waals surface area contributed by atoms with E-state index in [1.54, 1.807) is 0 Å². The number of fused-ring (bicyclic) bond motifs is 1. The molecule has 3 atom stereocenters. The van der Waals surface area contributed by atoms with Crippen molar-refractivity contribution >= 4 is 21.7 Å². The average molecular weight is 311 g/mol.